The Morgan fingerprint density at radius 3 is 1.00 bits per heavy atom. The van der Waals surface area contributed by atoms with Gasteiger partial charge in [0, 0.05) is 37.2 Å². The van der Waals surface area contributed by atoms with E-state index in [0.29, 0.717) is 16.7 Å². The van der Waals surface area contributed by atoms with Crippen molar-refractivity contribution in [2.75, 3.05) is 0 Å². The summed E-state index contributed by atoms with van der Waals surface area (Å²) in [5, 5.41) is 0. The van der Waals surface area contributed by atoms with E-state index in [1.165, 1.54) is 0 Å². The van der Waals surface area contributed by atoms with Gasteiger partial charge < -0.3 is 0 Å². The number of nitrogens with zero attached hydrogens (tertiary/aromatic N) is 6. The van der Waals surface area contributed by atoms with Crippen LogP contribution in [0.1, 0.15) is 0 Å². The van der Waals surface area contributed by atoms with Crippen LogP contribution in [-0.4, -0.2) is 29.9 Å². The summed E-state index contributed by atoms with van der Waals surface area (Å²) in [6.07, 6.45) is 10.2. The minimum absolute atomic E-state index is 0.648. The van der Waals surface area contributed by atoms with Gasteiger partial charge in [0.05, 0.1) is 0 Å². The second-order valence-electron chi connectivity index (χ2n) is 3.48. The third kappa shape index (κ3) is 2.58. The molecular weight excluding hydrogens is 259 g/mol. The van der Waals surface area contributed by atoms with Crippen LogP contribution in [0.4, 0.5) is 0 Å². The molecule has 0 atom stereocenters. The molecule has 3 aromatic rings. The quantitative estimate of drug-likeness (QED) is 0.613. The molecule has 0 bridgehead atoms. The molecule has 0 aliphatic rings. The zero-order chi connectivity index (χ0) is 12.9. The number of hydrogen-bond acceptors (Lipinski definition) is 6. The molecule has 0 spiro atoms. The van der Waals surface area contributed by atoms with Gasteiger partial charge in [0.25, 0.3) is 0 Å². The highest BCUT2D eigenvalue weighted by Crippen LogP contribution is 2.26. The highest BCUT2D eigenvalue weighted by Gasteiger charge is 2.24. The molecule has 19 heavy (non-hydrogen) atoms. The third-order valence-corrected chi connectivity index (χ3v) is 4.15. The Balaban J connectivity index is 2.12. The molecule has 3 rings (SSSR count). The monoisotopic (exact) mass is 268 g/mol. The topological polar surface area (TPSA) is 77.3 Å². The molecule has 3 heterocycles. The number of rotatable bonds is 3. The maximum atomic E-state index is 4.29. The Morgan fingerprint density at radius 2 is 0.737 bits per heavy atom. The van der Waals surface area contributed by atoms with Crippen molar-refractivity contribution in [1.82, 2.24) is 29.9 Å². The van der Waals surface area contributed by atoms with Crippen molar-refractivity contribution in [3.63, 3.8) is 0 Å². The Hall–Kier alpha value is -2.33. The zero-order valence-corrected chi connectivity index (χ0v) is 10.7. The van der Waals surface area contributed by atoms with Gasteiger partial charge in [0.2, 0.25) is 0 Å². The molecule has 0 saturated heterocycles. The summed E-state index contributed by atoms with van der Waals surface area (Å²) >= 11 is 0. The second kappa shape index (κ2) is 5.54. The molecule has 0 aliphatic carbocycles. The van der Waals surface area contributed by atoms with Crippen molar-refractivity contribution < 1.29 is 0 Å². The first-order valence-electron chi connectivity index (χ1n) is 5.56. The van der Waals surface area contributed by atoms with Gasteiger partial charge in [-0.25, -0.2) is 29.9 Å². The lowest BCUT2D eigenvalue weighted by Crippen LogP contribution is -2.31. The van der Waals surface area contributed by atoms with Gasteiger partial charge in [-0.15, -0.1) is 0 Å². The van der Waals surface area contributed by atoms with E-state index >= 15 is 0 Å². The molecule has 0 N–H and O–H groups in total. The Morgan fingerprint density at radius 1 is 0.474 bits per heavy atom. The van der Waals surface area contributed by atoms with Crippen molar-refractivity contribution in [3.05, 3.63) is 55.4 Å². The van der Waals surface area contributed by atoms with E-state index in [1.54, 1.807) is 55.4 Å². The van der Waals surface area contributed by atoms with E-state index in [0.717, 1.165) is 0 Å². The van der Waals surface area contributed by atoms with E-state index in [-0.39, 0.29) is 0 Å². The minimum atomic E-state index is -1.11. The standard InChI is InChI=1S/C12H9N6P/c1-4-13-10(14-5-1)19(11-15-6-2-7-16-11)12-17-8-3-9-18-12/h1-9H. The van der Waals surface area contributed by atoms with Gasteiger partial charge in [0.1, 0.15) is 7.92 Å². The van der Waals surface area contributed by atoms with Gasteiger partial charge in [-0.1, -0.05) is 0 Å². The van der Waals surface area contributed by atoms with Crippen LogP contribution in [-0.2, 0) is 0 Å². The normalized spacial score (nSPS) is 10.6. The molecule has 0 aromatic carbocycles. The molecule has 0 aliphatic heterocycles. The largest absolute Gasteiger partial charge is 0.236 e. The van der Waals surface area contributed by atoms with Crippen LogP contribution in [0.2, 0.25) is 0 Å². The molecule has 3 aromatic heterocycles. The molecule has 0 saturated carbocycles. The maximum absolute atomic E-state index is 4.29. The van der Waals surface area contributed by atoms with E-state index < -0.39 is 7.92 Å². The summed E-state index contributed by atoms with van der Waals surface area (Å²) in [6, 6.07) is 5.32. The Labute approximate surface area is 110 Å². The summed E-state index contributed by atoms with van der Waals surface area (Å²) in [5.74, 6) is 0. The summed E-state index contributed by atoms with van der Waals surface area (Å²) in [5.41, 5.74) is 1.94. The molecule has 0 amide bonds. The maximum Gasteiger partial charge on any atom is 0.166 e. The Bertz CT molecular complexity index is 540. The van der Waals surface area contributed by atoms with Crippen LogP contribution in [0.15, 0.2) is 55.4 Å². The first-order chi connectivity index (χ1) is 9.45. The molecule has 0 radical (unpaired) electrons. The fourth-order valence-electron chi connectivity index (χ4n) is 1.49. The average Bonchev–Trinajstić information content (AvgIpc) is 2.51. The zero-order valence-electron chi connectivity index (χ0n) is 9.83. The Kier molecular flexibility index (Phi) is 3.42. The van der Waals surface area contributed by atoms with E-state index in [9.17, 15) is 0 Å². The third-order valence-electron chi connectivity index (χ3n) is 2.26. The summed E-state index contributed by atoms with van der Waals surface area (Å²) in [6.45, 7) is 0. The van der Waals surface area contributed by atoms with Crippen molar-refractivity contribution in [2.24, 2.45) is 0 Å². The van der Waals surface area contributed by atoms with Gasteiger partial charge >= 0.3 is 0 Å². The molecular formula is C12H9N6P. The number of aromatic nitrogens is 6. The smallest absolute Gasteiger partial charge is 0.166 e. The molecule has 0 unspecified atom stereocenters. The second-order valence-corrected chi connectivity index (χ2v) is 5.35. The van der Waals surface area contributed by atoms with Crippen molar-refractivity contribution in [1.29, 1.82) is 0 Å². The summed E-state index contributed by atoms with van der Waals surface area (Å²) in [4.78, 5) is 25.7. The van der Waals surface area contributed by atoms with Crippen molar-refractivity contribution >= 4 is 24.6 Å². The molecule has 7 heteroatoms. The van der Waals surface area contributed by atoms with Crippen molar-refractivity contribution in [2.45, 2.75) is 0 Å². The van der Waals surface area contributed by atoms with Crippen LogP contribution in [0, 0.1) is 0 Å². The van der Waals surface area contributed by atoms with E-state index in [2.05, 4.69) is 29.9 Å². The average molecular weight is 268 g/mol. The predicted molar refractivity (Wildman–Crippen MR) is 71.9 cm³/mol. The molecule has 6 nitrogen and oxygen atoms in total. The SMILES string of the molecule is c1cnc(P(c2ncccn2)c2ncccn2)nc1. The lowest BCUT2D eigenvalue weighted by Gasteiger charge is -2.11. The van der Waals surface area contributed by atoms with E-state index in [1.807, 2.05) is 0 Å². The lowest BCUT2D eigenvalue weighted by molar-refractivity contribution is 1.20. The highest BCUT2D eigenvalue weighted by molar-refractivity contribution is 7.78. The number of hydrogen-bond donors (Lipinski definition) is 0. The van der Waals surface area contributed by atoms with Crippen LogP contribution in [0.25, 0.3) is 0 Å². The fraction of sp³-hybridized carbons (Fsp3) is 0. The first kappa shape index (κ1) is 11.7. The van der Waals surface area contributed by atoms with Gasteiger partial charge in [0.15, 0.2) is 16.7 Å². The van der Waals surface area contributed by atoms with Crippen LogP contribution in [0.3, 0.4) is 0 Å². The van der Waals surface area contributed by atoms with Crippen molar-refractivity contribution in [3.8, 4) is 0 Å². The molecule has 92 valence electrons. The summed E-state index contributed by atoms with van der Waals surface area (Å²) in [7, 11) is -1.11. The van der Waals surface area contributed by atoms with Gasteiger partial charge in [-0.2, -0.15) is 0 Å². The summed E-state index contributed by atoms with van der Waals surface area (Å²) < 4.78 is 0. The predicted octanol–water partition coefficient (Wildman–Crippen LogP) is -0.185. The lowest BCUT2D eigenvalue weighted by atomic mass is 10.7. The fourth-order valence-corrected chi connectivity index (χ4v) is 3.12. The first-order valence-corrected chi connectivity index (χ1v) is 6.90. The van der Waals surface area contributed by atoms with Crippen LogP contribution in [0.5, 0.6) is 0 Å². The minimum Gasteiger partial charge on any atom is -0.236 e. The van der Waals surface area contributed by atoms with Crippen LogP contribution < -0.4 is 16.7 Å². The van der Waals surface area contributed by atoms with Crippen LogP contribution >= 0.6 is 7.92 Å². The van der Waals surface area contributed by atoms with Gasteiger partial charge in [-0.3, -0.25) is 0 Å². The van der Waals surface area contributed by atoms with Gasteiger partial charge in [-0.05, 0) is 18.2 Å². The molecule has 0 fully saturated rings. The highest BCUT2D eigenvalue weighted by atomic mass is 31.1. The van der Waals surface area contributed by atoms with E-state index in [4.69, 9.17) is 0 Å².